The van der Waals surface area contributed by atoms with Crippen molar-refractivity contribution >= 4 is 12.1 Å². The number of ether oxygens (including phenoxy) is 1. The van der Waals surface area contributed by atoms with Gasteiger partial charge in [-0.3, -0.25) is 15.0 Å². The number of hydrogen-bond donors (Lipinski definition) is 2. The molecule has 0 aromatic carbocycles. The van der Waals surface area contributed by atoms with E-state index < -0.39 is 5.60 Å². The highest BCUT2D eigenvalue weighted by Crippen LogP contribution is 2.12. The standard InChI is InChI=1S/C23H34N6O2/c1-23(2,3)31-22(30)29(18-19-9-7-12-25-17-19)16-8-14-27-21(24-4)28-15-11-20-10-5-6-13-26-20/h5-7,9-10,12-13,17H,8,11,14-16,18H2,1-4H3,(H2,24,27,28). The van der Waals surface area contributed by atoms with E-state index in [2.05, 4.69) is 25.6 Å². The van der Waals surface area contributed by atoms with Gasteiger partial charge in [0.15, 0.2) is 5.96 Å². The van der Waals surface area contributed by atoms with Crippen molar-refractivity contribution < 1.29 is 9.53 Å². The number of carbonyl (C=O) groups is 1. The van der Waals surface area contributed by atoms with Crippen molar-refractivity contribution in [3.8, 4) is 0 Å². The Bertz CT molecular complexity index is 806. The average Bonchev–Trinajstić information content (AvgIpc) is 2.74. The highest BCUT2D eigenvalue weighted by Gasteiger charge is 2.22. The first-order valence-corrected chi connectivity index (χ1v) is 10.6. The van der Waals surface area contributed by atoms with E-state index in [-0.39, 0.29) is 6.09 Å². The first-order chi connectivity index (χ1) is 14.9. The van der Waals surface area contributed by atoms with Crippen molar-refractivity contribution in [3.63, 3.8) is 0 Å². The fraction of sp³-hybridized carbons (Fsp3) is 0.478. The maximum Gasteiger partial charge on any atom is 0.410 e. The maximum atomic E-state index is 12.6. The van der Waals surface area contributed by atoms with Crippen LogP contribution in [0.25, 0.3) is 0 Å². The molecule has 0 aliphatic heterocycles. The van der Waals surface area contributed by atoms with Crippen molar-refractivity contribution in [3.05, 3.63) is 60.2 Å². The van der Waals surface area contributed by atoms with Crippen molar-refractivity contribution in [1.82, 2.24) is 25.5 Å². The van der Waals surface area contributed by atoms with E-state index in [0.29, 0.717) is 19.6 Å². The zero-order chi connectivity index (χ0) is 22.5. The molecule has 0 atom stereocenters. The Labute approximate surface area is 185 Å². The molecule has 31 heavy (non-hydrogen) atoms. The number of rotatable bonds is 9. The molecule has 0 radical (unpaired) electrons. The van der Waals surface area contributed by atoms with E-state index in [1.165, 1.54) is 0 Å². The lowest BCUT2D eigenvalue weighted by atomic mass is 10.2. The number of hydrogen-bond acceptors (Lipinski definition) is 5. The molecule has 0 bridgehead atoms. The Morgan fingerprint density at radius 3 is 2.58 bits per heavy atom. The first kappa shape index (κ1) is 24.1. The van der Waals surface area contributed by atoms with Crippen molar-refractivity contribution in [2.75, 3.05) is 26.7 Å². The molecule has 0 fully saturated rings. The van der Waals surface area contributed by atoms with Gasteiger partial charge in [0.25, 0.3) is 0 Å². The zero-order valence-corrected chi connectivity index (χ0v) is 19.0. The van der Waals surface area contributed by atoms with Crippen LogP contribution in [0.5, 0.6) is 0 Å². The minimum atomic E-state index is -0.540. The predicted octanol–water partition coefficient (Wildman–Crippen LogP) is 3.01. The molecule has 2 rings (SSSR count). The van der Waals surface area contributed by atoms with Gasteiger partial charge in [0.1, 0.15) is 5.60 Å². The van der Waals surface area contributed by atoms with Crippen molar-refractivity contribution in [1.29, 1.82) is 0 Å². The number of carbonyl (C=O) groups excluding carboxylic acids is 1. The average molecular weight is 427 g/mol. The van der Waals surface area contributed by atoms with Crippen molar-refractivity contribution in [2.24, 2.45) is 4.99 Å². The molecule has 0 aliphatic rings. The van der Waals surface area contributed by atoms with Gasteiger partial charge in [0, 0.05) is 57.4 Å². The van der Waals surface area contributed by atoms with Crippen LogP contribution in [0.1, 0.15) is 38.4 Å². The number of aliphatic imine (C=N–C) groups is 1. The molecule has 0 spiro atoms. The van der Waals surface area contributed by atoms with Gasteiger partial charge in [-0.15, -0.1) is 0 Å². The van der Waals surface area contributed by atoms with E-state index in [9.17, 15) is 4.79 Å². The number of aromatic nitrogens is 2. The summed E-state index contributed by atoms with van der Waals surface area (Å²) < 4.78 is 5.57. The van der Waals surface area contributed by atoms with Gasteiger partial charge >= 0.3 is 6.09 Å². The molecule has 0 saturated heterocycles. The van der Waals surface area contributed by atoms with Gasteiger partial charge in [-0.2, -0.15) is 0 Å². The van der Waals surface area contributed by atoms with E-state index in [1.807, 2.05) is 51.1 Å². The lowest BCUT2D eigenvalue weighted by molar-refractivity contribution is 0.0232. The Balaban J connectivity index is 1.79. The first-order valence-electron chi connectivity index (χ1n) is 10.6. The topological polar surface area (TPSA) is 91.7 Å². The zero-order valence-electron chi connectivity index (χ0n) is 19.0. The number of nitrogens with zero attached hydrogens (tertiary/aromatic N) is 4. The van der Waals surface area contributed by atoms with Crippen LogP contribution in [0.3, 0.4) is 0 Å². The van der Waals surface area contributed by atoms with E-state index >= 15 is 0 Å². The Morgan fingerprint density at radius 2 is 1.94 bits per heavy atom. The van der Waals surface area contributed by atoms with E-state index in [1.54, 1.807) is 30.5 Å². The number of nitrogens with one attached hydrogen (secondary N) is 2. The largest absolute Gasteiger partial charge is 0.444 e. The third-order valence-electron chi connectivity index (χ3n) is 4.27. The summed E-state index contributed by atoms with van der Waals surface area (Å²) in [4.78, 5) is 27.1. The Kier molecular flexibility index (Phi) is 9.74. The van der Waals surface area contributed by atoms with Gasteiger partial charge in [0.2, 0.25) is 0 Å². The molecule has 2 heterocycles. The van der Waals surface area contributed by atoms with E-state index in [0.717, 1.165) is 36.6 Å². The molecule has 0 aliphatic carbocycles. The summed E-state index contributed by atoms with van der Waals surface area (Å²) in [6.45, 7) is 8.04. The third-order valence-corrected chi connectivity index (χ3v) is 4.27. The second-order valence-corrected chi connectivity index (χ2v) is 8.11. The molecular weight excluding hydrogens is 392 g/mol. The normalized spacial score (nSPS) is 11.7. The van der Waals surface area contributed by atoms with Crippen molar-refractivity contribution in [2.45, 2.75) is 45.8 Å². The van der Waals surface area contributed by atoms with Crippen LogP contribution in [0.15, 0.2) is 53.9 Å². The van der Waals surface area contributed by atoms with Crippen LogP contribution in [0.4, 0.5) is 4.79 Å². The van der Waals surface area contributed by atoms with Gasteiger partial charge in [-0.05, 0) is 51.0 Å². The summed E-state index contributed by atoms with van der Waals surface area (Å²) in [5.41, 5.74) is 1.46. The minimum absolute atomic E-state index is 0.325. The lowest BCUT2D eigenvalue weighted by Gasteiger charge is -2.27. The minimum Gasteiger partial charge on any atom is -0.444 e. The van der Waals surface area contributed by atoms with Crippen LogP contribution in [0, 0.1) is 0 Å². The van der Waals surface area contributed by atoms with Gasteiger partial charge in [-0.1, -0.05) is 12.1 Å². The van der Waals surface area contributed by atoms with Crippen LogP contribution >= 0.6 is 0 Å². The highest BCUT2D eigenvalue weighted by molar-refractivity contribution is 5.79. The SMILES string of the molecule is CN=C(NCCCN(Cc1cccnc1)C(=O)OC(C)(C)C)NCCc1ccccn1. The van der Waals surface area contributed by atoms with Gasteiger partial charge < -0.3 is 20.3 Å². The number of amides is 1. The predicted molar refractivity (Wildman–Crippen MR) is 123 cm³/mol. The van der Waals surface area contributed by atoms with Crippen LogP contribution in [-0.2, 0) is 17.7 Å². The lowest BCUT2D eigenvalue weighted by Crippen LogP contribution is -2.41. The van der Waals surface area contributed by atoms with E-state index in [4.69, 9.17) is 4.74 Å². The maximum absolute atomic E-state index is 12.6. The monoisotopic (exact) mass is 426 g/mol. The molecule has 8 nitrogen and oxygen atoms in total. The molecule has 168 valence electrons. The molecular formula is C23H34N6O2. The van der Waals surface area contributed by atoms with Crippen LogP contribution in [0.2, 0.25) is 0 Å². The third kappa shape index (κ3) is 9.93. The molecule has 0 saturated carbocycles. The van der Waals surface area contributed by atoms with Gasteiger partial charge in [0.05, 0.1) is 6.54 Å². The molecule has 0 unspecified atom stereocenters. The quantitative estimate of drug-likeness (QED) is 0.364. The summed E-state index contributed by atoms with van der Waals surface area (Å²) in [7, 11) is 1.74. The number of guanidine groups is 1. The summed E-state index contributed by atoms with van der Waals surface area (Å²) in [5.74, 6) is 0.729. The van der Waals surface area contributed by atoms with Crippen LogP contribution in [-0.4, -0.2) is 59.2 Å². The second-order valence-electron chi connectivity index (χ2n) is 8.11. The molecule has 1 amide bonds. The van der Waals surface area contributed by atoms with Gasteiger partial charge in [-0.25, -0.2) is 4.79 Å². The highest BCUT2D eigenvalue weighted by atomic mass is 16.6. The van der Waals surface area contributed by atoms with Crippen LogP contribution < -0.4 is 10.6 Å². The summed E-state index contributed by atoms with van der Waals surface area (Å²) in [6.07, 6.45) is 6.53. The molecule has 2 aromatic heterocycles. The molecule has 8 heteroatoms. The smallest absolute Gasteiger partial charge is 0.410 e. The second kappa shape index (κ2) is 12.5. The summed E-state index contributed by atoms with van der Waals surface area (Å²) >= 11 is 0. The fourth-order valence-corrected chi connectivity index (χ4v) is 2.83. The molecule has 2 N–H and O–H groups in total. The molecule has 2 aromatic rings. The number of pyridine rings is 2. The fourth-order valence-electron chi connectivity index (χ4n) is 2.83. The summed E-state index contributed by atoms with van der Waals surface area (Å²) in [5, 5.41) is 6.57. The Morgan fingerprint density at radius 1 is 1.13 bits per heavy atom. The summed E-state index contributed by atoms with van der Waals surface area (Å²) in [6, 6.07) is 9.72. The Hall–Kier alpha value is -3.16.